The lowest BCUT2D eigenvalue weighted by Gasteiger charge is -2.45. The fourth-order valence-electron chi connectivity index (χ4n) is 6.76. The minimum absolute atomic E-state index is 0.0591. The van der Waals surface area contributed by atoms with E-state index in [2.05, 4.69) is 36.3 Å². The van der Waals surface area contributed by atoms with Crippen LogP contribution < -0.4 is 10.6 Å². The molecule has 0 aromatic heterocycles. The first kappa shape index (κ1) is 33.8. The van der Waals surface area contributed by atoms with Crippen LogP contribution in [0.15, 0.2) is 55.1 Å². The van der Waals surface area contributed by atoms with E-state index in [-0.39, 0.29) is 11.9 Å². The normalized spacial score (nSPS) is 18.9. The Kier molecular flexibility index (Phi) is 12.5. The second-order valence-electron chi connectivity index (χ2n) is 12.1. The molecular formula is C35H49ClN4O4. The zero-order chi connectivity index (χ0) is 31.5. The number of piperidine rings is 2. The lowest BCUT2D eigenvalue weighted by atomic mass is 9.72. The number of ether oxygens (including phenoxy) is 1. The topological polar surface area (TPSA) is 94.1 Å². The third-order valence-corrected chi connectivity index (χ3v) is 9.58. The van der Waals surface area contributed by atoms with Crippen LogP contribution in [0.5, 0.6) is 0 Å². The number of likely N-dealkylation sites (tertiary alicyclic amines) is 2. The molecule has 3 N–H and O–H groups in total. The average Bonchev–Trinajstić information content (AvgIpc) is 3.06. The molecule has 0 spiro atoms. The van der Waals surface area contributed by atoms with Gasteiger partial charge < -0.3 is 30.3 Å². The molecule has 0 aliphatic carbocycles. The van der Waals surface area contributed by atoms with Gasteiger partial charge in [-0.1, -0.05) is 61.0 Å². The van der Waals surface area contributed by atoms with Crippen molar-refractivity contribution in [2.75, 3.05) is 52.9 Å². The molecule has 4 rings (SSSR count). The number of aryl methyl sites for hydroxylation is 1. The van der Waals surface area contributed by atoms with Gasteiger partial charge in [0.05, 0.1) is 12.7 Å². The molecule has 2 aromatic carbocycles. The van der Waals surface area contributed by atoms with Crippen LogP contribution in [0, 0.1) is 11.8 Å². The summed E-state index contributed by atoms with van der Waals surface area (Å²) in [5, 5.41) is 19.5. The van der Waals surface area contributed by atoms with Crippen LogP contribution in [0.2, 0.25) is 5.02 Å². The Labute approximate surface area is 267 Å². The molecule has 2 atom stereocenters. The number of hydrogen-bond acceptors (Lipinski definition) is 5. The number of nitrogens with one attached hydrogen (secondary N) is 2. The average molecular weight is 625 g/mol. The highest BCUT2D eigenvalue weighted by molar-refractivity contribution is 6.33. The number of amides is 3. The molecule has 2 heterocycles. The summed E-state index contributed by atoms with van der Waals surface area (Å²) in [6.07, 6.45) is 6.74. The van der Waals surface area contributed by atoms with Gasteiger partial charge in [0.15, 0.2) is 0 Å². The van der Waals surface area contributed by atoms with Crippen molar-refractivity contribution in [3.05, 3.63) is 71.3 Å². The summed E-state index contributed by atoms with van der Waals surface area (Å²) in [5.41, 5.74) is 2.47. The van der Waals surface area contributed by atoms with Crippen molar-refractivity contribution in [3.8, 4) is 11.1 Å². The summed E-state index contributed by atoms with van der Waals surface area (Å²) < 4.78 is 4.74. The van der Waals surface area contributed by atoms with E-state index in [4.69, 9.17) is 16.3 Å². The molecule has 2 fully saturated rings. The fourth-order valence-corrected chi connectivity index (χ4v) is 7.05. The van der Waals surface area contributed by atoms with Crippen LogP contribution in [0.4, 0.5) is 9.59 Å². The second-order valence-corrected chi connectivity index (χ2v) is 12.5. The lowest BCUT2D eigenvalue weighted by molar-refractivity contribution is -0.0564. The Morgan fingerprint density at radius 3 is 2.64 bits per heavy atom. The Morgan fingerprint density at radius 2 is 1.91 bits per heavy atom. The molecule has 240 valence electrons. The van der Waals surface area contributed by atoms with Crippen molar-refractivity contribution in [2.24, 2.45) is 11.8 Å². The summed E-state index contributed by atoms with van der Waals surface area (Å²) in [6, 6.07) is 14.1. The van der Waals surface area contributed by atoms with Gasteiger partial charge in [-0.05, 0) is 80.2 Å². The highest BCUT2D eigenvalue weighted by atomic mass is 35.5. The van der Waals surface area contributed by atoms with Crippen LogP contribution in [0.3, 0.4) is 0 Å². The summed E-state index contributed by atoms with van der Waals surface area (Å²) in [4.78, 5) is 29.4. The summed E-state index contributed by atoms with van der Waals surface area (Å²) in [7, 11) is 1.34. The van der Waals surface area contributed by atoms with Gasteiger partial charge in [0.2, 0.25) is 0 Å². The van der Waals surface area contributed by atoms with E-state index in [1.807, 2.05) is 46.2 Å². The predicted octanol–water partition coefficient (Wildman–Crippen LogP) is 6.21. The third kappa shape index (κ3) is 8.34. The molecule has 0 bridgehead atoms. The van der Waals surface area contributed by atoms with Gasteiger partial charge in [0, 0.05) is 55.8 Å². The number of carbonyl (C=O) groups excluding carboxylic acids is 2. The van der Waals surface area contributed by atoms with Gasteiger partial charge >= 0.3 is 12.1 Å². The number of urea groups is 1. The highest BCUT2D eigenvalue weighted by Crippen LogP contribution is 2.45. The van der Waals surface area contributed by atoms with Crippen LogP contribution in [0.1, 0.15) is 56.6 Å². The molecule has 2 aliphatic heterocycles. The summed E-state index contributed by atoms with van der Waals surface area (Å²) in [5.74, 6) is 0.356. The number of nitrogens with zero attached hydrogens (tertiary/aromatic N) is 2. The van der Waals surface area contributed by atoms with Crippen LogP contribution in [-0.2, 0) is 16.8 Å². The standard InChI is InChI=1S/C35H49ClN4O4/c1-4-18-37-24-27-15-21-39(22-16-27)34(42)40-20-8-12-29(25-40)35(43,17-9-19-38-33(41)44-3)30-13-7-14-31(36)32(30)28-11-6-10-26(5-2)23-28/h4,6-7,10-11,13-14,23,27,29,37,43H,1,5,8-9,12,15-22,24-25H2,2-3H3,(H,38,41). The molecule has 2 aliphatic rings. The van der Waals surface area contributed by atoms with Gasteiger partial charge in [-0.25, -0.2) is 9.59 Å². The SMILES string of the molecule is C=CCNCC1CCN(C(=O)N2CCCC(C(O)(CCCNC(=O)OC)c3cccc(Cl)c3-c3cccc(CC)c3)C2)CC1. The molecule has 2 aromatic rings. The van der Waals surface area contributed by atoms with Gasteiger partial charge in [-0.15, -0.1) is 6.58 Å². The third-order valence-electron chi connectivity index (χ3n) is 9.27. The lowest BCUT2D eigenvalue weighted by Crippen LogP contribution is -2.53. The molecule has 2 unspecified atom stereocenters. The maximum absolute atomic E-state index is 13.8. The van der Waals surface area contributed by atoms with E-state index < -0.39 is 11.7 Å². The van der Waals surface area contributed by atoms with Crippen molar-refractivity contribution in [3.63, 3.8) is 0 Å². The first-order valence-corrected chi connectivity index (χ1v) is 16.5. The summed E-state index contributed by atoms with van der Waals surface area (Å²) in [6.45, 7) is 10.6. The molecule has 3 amide bonds. The summed E-state index contributed by atoms with van der Waals surface area (Å²) >= 11 is 6.89. The van der Waals surface area contributed by atoms with E-state index in [0.29, 0.717) is 43.4 Å². The zero-order valence-corrected chi connectivity index (χ0v) is 27.1. The number of hydrogen-bond donors (Lipinski definition) is 3. The van der Waals surface area contributed by atoms with Gasteiger partial charge in [0.1, 0.15) is 0 Å². The van der Waals surface area contributed by atoms with E-state index >= 15 is 0 Å². The molecule has 0 radical (unpaired) electrons. The quantitative estimate of drug-likeness (QED) is 0.193. The number of alkyl carbamates (subject to hydrolysis) is 1. The number of aliphatic hydroxyl groups is 1. The van der Waals surface area contributed by atoms with Crippen molar-refractivity contribution < 1.29 is 19.4 Å². The maximum Gasteiger partial charge on any atom is 0.406 e. The number of rotatable bonds is 12. The number of benzene rings is 2. The number of methoxy groups -OCH3 is 1. The minimum Gasteiger partial charge on any atom is -0.453 e. The van der Waals surface area contributed by atoms with Crippen LogP contribution in [0.25, 0.3) is 11.1 Å². The predicted molar refractivity (Wildman–Crippen MR) is 177 cm³/mol. The van der Waals surface area contributed by atoms with Crippen molar-refractivity contribution in [2.45, 2.75) is 57.5 Å². The van der Waals surface area contributed by atoms with E-state index in [1.165, 1.54) is 12.7 Å². The van der Waals surface area contributed by atoms with Crippen molar-refractivity contribution in [1.82, 2.24) is 20.4 Å². The van der Waals surface area contributed by atoms with Gasteiger partial charge in [0.25, 0.3) is 0 Å². The van der Waals surface area contributed by atoms with Crippen LogP contribution in [-0.4, -0.2) is 80.0 Å². The first-order valence-electron chi connectivity index (χ1n) is 16.1. The Balaban J connectivity index is 1.58. The van der Waals surface area contributed by atoms with E-state index in [9.17, 15) is 14.7 Å². The Morgan fingerprint density at radius 1 is 1.14 bits per heavy atom. The van der Waals surface area contributed by atoms with E-state index in [0.717, 1.165) is 75.0 Å². The Hall–Kier alpha value is -3.07. The first-order chi connectivity index (χ1) is 21.3. The zero-order valence-electron chi connectivity index (χ0n) is 26.3. The smallest absolute Gasteiger partial charge is 0.406 e. The van der Waals surface area contributed by atoms with Gasteiger partial charge in [-0.2, -0.15) is 0 Å². The van der Waals surface area contributed by atoms with Crippen molar-refractivity contribution in [1.29, 1.82) is 0 Å². The fraction of sp³-hybridized carbons (Fsp3) is 0.543. The molecule has 0 saturated carbocycles. The number of halogens is 1. The minimum atomic E-state index is -1.27. The number of carbonyl (C=O) groups is 2. The molecular weight excluding hydrogens is 576 g/mol. The van der Waals surface area contributed by atoms with Crippen molar-refractivity contribution >= 4 is 23.7 Å². The van der Waals surface area contributed by atoms with Crippen LogP contribution >= 0.6 is 11.6 Å². The monoisotopic (exact) mass is 624 g/mol. The van der Waals surface area contributed by atoms with E-state index in [1.54, 1.807) is 0 Å². The van der Waals surface area contributed by atoms with Gasteiger partial charge in [-0.3, -0.25) is 0 Å². The maximum atomic E-state index is 13.8. The highest BCUT2D eigenvalue weighted by Gasteiger charge is 2.43. The molecule has 2 saturated heterocycles. The Bertz CT molecular complexity index is 1270. The second kappa shape index (κ2) is 16.3. The molecule has 8 nitrogen and oxygen atoms in total. The molecule has 9 heteroatoms. The molecule has 44 heavy (non-hydrogen) atoms. The largest absolute Gasteiger partial charge is 0.453 e.